The molecule has 1 aliphatic carbocycles. The molecule has 2 aromatic carbocycles. The van der Waals surface area contributed by atoms with E-state index in [1.165, 1.54) is 6.07 Å². The lowest BCUT2D eigenvalue weighted by atomic mass is 9.93. The van der Waals surface area contributed by atoms with Gasteiger partial charge in [0.25, 0.3) is 5.56 Å². The maximum atomic E-state index is 14.6. The smallest absolute Gasteiger partial charge is 0.475 e. The number of anilines is 3. The number of sulfonamides is 1. The van der Waals surface area contributed by atoms with Crippen LogP contribution >= 0.6 is 11.6 Å². The summed E-state index contributed by atoms with van der Waals surface area (Å²) in [5.41, 5.74) is 1.53. The van der Waals surface area contributed by atoms with Gasteiger partial charge in [-0.05, 0) is 62.4 Å². The second-order valence-electron chi connectivity index (χ2n) is 8.81. The number of carbonyl (C=O) groups is 1. The third-order valence-corrected chi connectivity index (χ3v) is 7.88. The Balaban J connectivity index is 0.000000532. The van der Waals surface area contributed by atoms with Gasteiger partial charge in [-0.25, -0.2) is 22.6 Å². The van der Waals surface area contributed by atoms with Gasteiger partial charge < -0.3 is 10.4 Å². The molecule has 39 heavy (non-hydrogen) atoms. The summed E-state index contributed by atoms with van der Waals surface area (Å²) in [7, 11) is -3.60. The van der Waals surface area contributed by atoms with Crippen molar-refractivity contribution in [2.75, 3.05) is 15.8 Å². The molecule has 0 spiro atoms. The Labute approximate surface area is 225 Å². The number of carboxylic acids is 1. The first-order valence-electron chi connectivity index (χ1n) is 11.7. The number of nitrogens with zero attached hydrogens (tertiary/aromatic N) is 2. The van der Waals surface area contributed by atoms with Crippen LogP contribution in [-0.2, 0) is 14.8 Å². The fourth-order valence-electron chi connectivity index (χ4n) is 3.81. The molecule has 15 heteroatoms. The van der Waals surface area contributed by atoms with E-state index in [0.29, 0.717) is 28.6 Å². The highest BCUT2D eigenvalue weighted by molar-refractivity contribution is 7.92. The predicted molar refractivity (Wildman–Crippen MR) is 140 cm³/mol. The number of hydrogen-bond acceptors (Lipinski definition) is 6. The lowest BCUT2D eigenvalue weighted by Gasteiger charge is -2.27. The number of rotatable bonds is 7. The highest BCUT2D eigenvalue weighted by Gasteiger charge is 2.38. The van der Waals surface area contributed by atoms with Crippen molar-refractivity contribution in [2.45, 2.75) is 51.7 Å². The van der Waals surface area contributed by atoms with Gasteiger partial charge in [-0.2, -0.15) is 13.2 Å². The van der Waals surface area contributed by atoms with Crippen molar-refractivity contribution >= 4 is 55.6 Å². The third-order valence-electron chi connectivity index (χ3n) is 6.01. The first kappa shape index (κ1) is 30.2. The fraction of sp³-hybridized carbons (Fsp3) is 0.375. The Morgan fingerprint density at radius 3 is 2.36 bits per heavy atom. The molecule has 1 fully saturated rings. The molecule has 4 rings (SSSR count). The second kappa shape index (κ2) is 11.8. The van der Waals surface area contributed by atoms with Gasteiger partial charge >= 0.3 is 12.1 Å². The molecular formula is C24H25ClF4N4O5S. The third kappa shape index (κ3) is 6.98. The number of nitrogens with one attached hydrogen (secondary N) is 2. The van der Waals surface area contributed by atoms with Crippen LogP contribution in [0.15, 0.2) is 35.4 Å². The lowest BCUT2D eigenvalue weighted by molar-refractivity contribution is -0.192. The fourth-order valence-corrected chi connectivity index (χ4v) is 5.26. The summed E-state index contributed by atoms with van der Waals surface area (Å²) in [6.45, 7) is 3.51. The van der Waals surface area contributed by atoms with Crippen molar-refractivity contribution in [3.8, 4) is 0 Å². The van der Waals surface area contributed by atoms with E-state index in [1.807, 2.05) is 0 Å². The SMILES string of the molecule is CCCS(=O)(=O)Nc1ccc(F)c(Nc2ccc3ncn(C4CCC4)c(=O)c3c2C)c1Cl.O=C(O)C(F)(F)F. The van der Waals surface area contributed by atoms with Gasteiger partial charge in [0.2, 0.25) is 10.0 Å². The molecule has 0 atom stereocenters. The monoisotopic (exact) mass is 592 g/mol. The molecule has 0 bridgehead atoms. The molecule has 1 aromatic heterocycles. The van der Waals surface area contributed by atoms with Crippen LogP contribution in [0.25, 0.3) is 10.9 Å². The molecule has 0 saturated heterocycles. The topological polar surface area (TPSA) is 130 Å². The van der Waals surface area contributed by atoms with Gasteiger partial charge in [0.05, 0.1) is 39.4 Å². The highest BCUT2D eigenvalue weighted by Crippen LogP contribution is 2.37. The molecule has 9 nitrogen and oxygen atoms in total. The Kier molecular flexibility index (Phi) is 9.11. The van der Waals surface area contributed by atoms with Crippen molar-refractivity contribution in [2.24, 2.45) is 0 Å². The summed E-state index contributed by atoms with van der Waals surface area (Å²) in [6.07, 6.45) is -0.0749. The molecular weight excluding hydrogens is 568 g/mol. The van der Waals surface area contributed by atoms with E-state index < -0.39 is 28.0 Å². The normalized spacial score (nSPS) is 13.8. The number of alkyl halides is 3. The van der Waals surface area contributed by atoms with Gasteiger partial charge in [0, 0.05) is 11.7 Å². The number of aryl methyl sites for hydroxylation is 1. The number of carboxylic acid groups (broad SMARTS) is 1. The summed E-state index contributed by atoms with van der Waals surface area (Å²) < 4.78 is 74.7. The van der Waals surface area contributed by atoms with Crippen LogP contribution in [0, 0.1) is 12.7 Å². The second-order valence-corrected chi connectivity index (χ2v) is 11.0. The highest BCUT2D eigenvalue weighted by atomic mass is 35.5. The van der Waals surface area contributed by atoms with E-state index in [9.17, 15) is 30.8 Å². The van der Waals surface area contributed by atoms with Crippen molar-refractivity contribution in [1.82, 2.24) is 9.55 Å². The molecule has 0 amide bonds. The lowest BCUT2D eigenvalue weighted by Crippen LogP contribution is -2.29. The molecule has 1 heterocycles. The molecule has 0 radical (unpaired) electrons. The number of aliphatic carboxylic acids is 1. The largest absolute Gasteiger partial charge is 0.490 e. The summed E-state index contributed by atoms with van der Waals surface area (Å²) >= 11 is 6.36. The van der Waals surface area contributed by atoms with E-state index in [4.69, 9.17) is 21.5 Å². The number of fused-ring (bicyclic) bond motifs is 1. The van der Waals surface area contributed by atoms with Gasteiger partial charge in [0.1, 0.15) is 5.82 Å². The minimum Gasteiger partial charge on any atom is -0.475 e. The van der Waals surface area contributed by atoms with E-state index >= 15 is 0 Å². The number of benzene rings is 2. The van der Waals surface area contributed by atoms with Crippen LogP contribution < -0.4 is 15.6 Å². The Morgan fingerprint density at radius 2 is 1.82 bits per heavy atom. The molecule has 3 aromatic rings. The Hall–Kier alpha value is -3.39. The standard InChI is InChI=1S/C22H24ClFN4O3S.C2HF3O2/c1-3-11-32(30,31)27-18-8-7-15(24)21(20(18)23)26-16-9-10-17-19(13(16)2)22(29)28(12-25-17)14-5-4-6-14;3-2(4,5)1(6)7/h7-10,12,14,26-27H,3-6,11H2,1-2H3;(H,6,7). The van der Waals surface area contributed by atoms with Crippen LogP contribution in [0.2, 0.25) is 5.02 Å². The summed E-state index contributed by atoms with van der Waals surface area (Å²) in [4.78, 5) is 26.4. The number of aromatic nitrogens is 2. The van der Waals surface area contributed by atoms with Gasteiger partial charge in [-0.15, -0.1) is 0 Å². The van der Waals surface area contributed by atoms with Crippen LogP contribution in [0.1, 0.15) is 44.2 Å². The molecule has 212 valence electrons. The maximum Gasteiger partial charge on any atom is 0.490 e. The quantitative estimate of drug-likeness (QED) is 0.298. The average molecular weight is 593 g/mol. The zero-order valence-corrected chi connectivity index (χ0v) is 22.3. The maximum absolute atomic E-state index is 14.6. The van der Waals surface area contributed by atoms with Crippen LogP contribution in [-0.4, -0.2) is 41.0 Å². The van der Waals surface area contributed by atoms with Gasteiger partial charge in [-0.1, -0.05) is 18.5 Å². The van der Waals surface area contributed by atoms with E-state index in [-0.39, 0.29) is 33.8 Å². The summed E-state index contributed by atoms with van der Waals surface area (Å²) in [6, 6.07) is 5.97. The summed E-state index contributed by atoms with van der Waals surface area (Å²) in [5.74, 6) is -3.48. The molecule has 0 unspecified atom stereocenters. The minimum absolute atomic E-state index is 0.0750. The molecule has 3 N–H and O–H groups in total. The van der Waals surface area contributed by atoms with Crippen molar-refractivity contribution in [1.29, 1.82) is 0 Å². The number of halogens is 5. The van der Waals surface area contributed by atoms with Crippen molar-refractivity contribution < 1.29 is 35.9 Å². The Bertz CT molecular complexity index is 1560. The molecule has 0 aliphatic heterocycles. The van der Waals surface area contributed by atoms with E-state index in [0.717, 1.165) is 25.3 Å². The van der Waals surface area contributed by atoms with Crippen molar-refractivity contribution in [3.05, 3.63) is 57.3 Å². The molecule has 1 aliphatic rings. The average Bonchev–Trinajstić information content (AvgIpc) is 2.80. The number of hydrogen-bond donors (Lipinski definition) is 3. The van der Waals surface area contributed by atoms with Crippen LogP contribution in [0.4, 0.5) is 34.6 Å². The molecule has 1 saturated carbocycles. The summed E-state index contributed by atoms with van der Waals surface area (Å²) in [5, 5.41) is 10.4. The Morgan fingerprint density at radius 1 is 1.21 bits per heavy atom. The van der Waals surface area contributed by atoms with E-state index in [1.54, 1.807) is 36.9 Å². The van der Waals surface area contributed by atoms with Crippen LogP contribution in [0.3, 0.4) is 0 Å². The zero-order chi connectivity index (χ0) is 29.1. The van der Waals surface area contributed by atoms with E-state index in [2.05, 4.69) is 15.0 Å². The predicted octanol–water partition coefficient (Wildman–Crippen LogP) is 5.75. The van der Waals surface area contributed by atoms with Gasteiger partial charge in [0.15, 0.2) is 0 Å². The van der Waals surface area contributed by atoms with Crippen LogP contribution in [0.5, 0.6) is 0 Å². The minimum atomic E-state index is -5.08. The van der Waals surface area contributed by atoms with Gasteiger partial charge in [-0.3, -0.25) is 14.1 Å². The first-order chi connectivity index (χ1) is 18.2. The zero-order valence-electron chi connectivity index (χ0n) is 20.8. The first-order valence-corrected chi connectivity index (χ1v) is 13.7. The van der Waals surface area contributed by atoms with Crippen molar-refractivity contribution in [3.63, 3.8) is 0 Å².